The molecule has 0 radical (unpaired) electrons. The minimum Gasteiger partial charge on any atom is -0.480 e. The summed E-state index contributed by atoms with van der Waals surface area (Å²) in [5.41, 5.74) is -0.193. The average Bonchev–Trinajstić information content (AvgIpc) is 2.78. The molecule has 2 atom stereocenters. The number of aliphatic hydroxyl groups excluding tert-OH is 1. The van der Waals surface area contributed by atoms with Gasteiger partial charge < -0.3 is 15.1 Å². The maximum absolute atomic E-state index is 12.3. The standard InChI is InChI=1S/C11H9Cl3N2O4/c12-5-2-15-9(8(14)7(5)13)10(18)16-3-4(17)1-6(16)11(19)20/h2,4,6,17H,1,3H2,(H,19,20)/t4-,6+/m1/s1. The van der Waals surface area contributed by atoms with Crippen molar-refractivity contribution in [2.75, 3.05) is 6.54 Å². The van der Waals surface area contributed by atoms with Crippen LogP contribution in [0.25, 0.3) is 0 Å². The van der Waals surface area contributed by atoms with E-state index in [0.29, 0.717) is 0 Å². The number of carboxylic acids is 1. The van der Waals surface area contributed by atoms with E-state index in [4.69, 9.17) is 39.9 Å². The third kappa shape index (κ3) is 2.69. The normalized spacial score (nSPS) is 22.1. The van der Waals surface area contributed by atoms with Crippen molar-refractivity contribution in [1.29, 1.82) is 0 Å². The van der Waals surface area contributed by atoms with Crippen molar-refractivity contribution in [1.82, 2.24) is 9.88 Å². The van der Waals surface area contributed by atoms with Crippen LogP contribution in [0.4, 0.5) is 0 Å². The van der Waals surface area contributed by atoms with Gasteiger partial charge in [0.05, 0.1) is 21.2 Å². The van der Waals surface area contributed by atoms with E-state index in [1.165, 1.54) is 0 Å². The number of hydrogen-bond donors (Lipinski definition) is 2. The van der Waals surface area contributed by atoms with Gasteiger partial charge in [-0.05, 0) is 0 Å². The highest BCUT2D eigenvalue weighted by atomic mass is 35.5. The molecule has 1 amide bonds. The predicted octanol–water partition coefficient (Wildman–Crippen LogP) is 1.70. The number of amides is 1. The Labute approximate surface area is 128 Å². The van der Waals surface area contributed by atoms with Crippen LogP contribution in [0, 0.1) is 0 Å². The lowest BCUT2D eigenvalue weighted by molar-refractivity contribution is -0.141. The average molecular weight is 340 g/mol. The van der Waals surface area contributed by atoms with Crippen LogP contribution < -0.4 is 0 Å². The lowest BCUT2D eigenvalue weighted by Gasteiger charge is -2.21. The van der Waals surface area contributed by atoms with Gasteiger partial charge in [0.2, 0.25) is 0 Å². The molecule has 0 spiro atoms. The summed E-state index contributed by atoms with van der Waals surface area (Å²) in [6.45, 7) is -0.103. The van der Waals surface area contributed by atoms with Crippen LogP contribution in [0.5, 0.6) is 0 Å². The third-order valence-corrected chi connectivity index (χ3v) is 4.19. The molecule has 2 heterocycles. The first-order valence-electron chi connectivity index (χ1n) is 5.54. The van der Waals surface area contributed by atoms with Gasteiger partial charge in [0.25, 0.3) is 5.91 Å². The van der Waals surface area contributed by atoms with Crippen LogP contribution in [0.2, 0.25) is 15.1 Å². The first kappa shape index (κ1) is 15.3. The SMILES string of the molecule is O=C(O)[C@@H]1C[C@@H](O)CN1C(=O)c1ncc(Cl)c(Cl)c1Cl. The summed E-state index contributed by atoms with van der Waals surface area (Å²) < 4.78 is 0. The van der Waals surface area contributed by atoms with Crippen LogP contribution in [0.3, 0.4) is 0 Å². The molecule has 1 aliphatic heterocycles. The lowest BCUT2D eigenvalue weighted by Crippen LogP contribution is -2.41. The van der Waals surface area contributed by atoms with Crippen LogP contribution in [0.15, 0.2) is 6.20 Å². The van der Waals surface area contributed by atoms with Crippen LogP contribution in [-0.2, 0) is 4.79 Å². The number of aromatic nitrogens is 1. The molecule has 2 N–H and O–H groups in total. The van der Waals surface area contributed by atoms with E-state index in [1.54, 1.807) is 0 Å². The topological polar surface area (TPSA) is 90.7 Å². The lowest BCUT2D eigenvalue weighted by atomic mass is 10.2. The van der Waals surface area contributed by atoms with Gasteiger partial charge in [-0.15, -0.1) is 0 Å². The smallest absolute Gasteiger partial charge is 0.326 e. The van der Waals surface area contributed by atoms with Gasteiger partial charge in [0.1, 0.15) is 11.7 Å². The van der Waals surface area contributed by atoms with E-state index in [2.05, 4.69) is 4.98 Å². The molecule has 6 nitrogen and oxygen atoms in total. The van der Waals surface area contributed by atoms with Gasteiger partial charge in [-0.2, -0.15) is 0 Å². The molecule has 1 aliphatic rings. The Morgan fingerprint density at radius 3 is 2.55 bits per heavy atom. The van der Waals surface area contributed by atoms with Crippen LogP contribution in [-0.4, -0.2) is 50.7 Å². The summed E-state index contributed by atoms with van der Waals surface area (Å²) in [5.74, 6) is -1.91. The highest BCUT2D eigenvalue weighted by Gasteiger charge is 2.40. The Morgan fingerprint density at radius 2 is 1.95 bits per heavy atom. The molecule has 9 heteroatoms. The number of β-amino-alcohol motifs (C(OH)–C–C–N with tert-alkyl or cyclic N) is 1. The Bertz CT molecular complexity index is 581. The third-order valence-electron chi connectivity index (χ3n) is 2.94. The van der Waals surface area contributed by atoms with Gasteiger partial charge in [0.15, 0.2) is 0 Å². The molecule has 0 saturated carbocycles. The van der Waals surface area contributed by atoms with E-state index in [0.717, 1.165) is 11.1 Å². The zero-order chi connectivity index (χ0) is 15.0. The predicted molar refractivity (Wildman–Crippen MR) is 72.4 cm³/mol. The molecule has 20 heavy (non-hydrogen) atoms. The quantitative estimate of drug-likeness (QED) is 0.856. The summed E-state index contributed by atoms with van der Waals surface area (Å²) in [6, 6.07) is -1.12. The van der Waals surface area contributed by atoms with Crippen molar-refractivity contribution in [2.24, 2.45) is 0 Å². The number of carbonyl (C=O) groups excluding carboxylic acids is 1. The molecule has 108 valence electrons. The fourth-order valence-corrected chi connectivity index (χ4v) is 2.56. The highest BCUT2D eigenvalue weighted by Crippen LogP contribution is 2.32. The summed E-state index contributed by atoms with van der Waals surface area (Å²) in [4.78, 5) is 28.2. The Morgan fingerprint density at radius 1 is 1.30 bits per heavy atom. The maximum Gasteiger partial charge on any atom is 0.326 e. The summed E-state index contributed by atoms with van der Waals surface area (Å²) in [5, 5.41) is 18.5. The van der Waals surface area contributed by atoms with Crippen molar-refractivity contribution in [3.63, 3.8) is 0 Å². The number of pyridine rings is 1. The van der Waals surface area contributed by atoms with Crippen molar-refractivity contribution in [2.45, 2.75) is 18.6 Å². The number of carboxylic acid groups (broad SMARTS) is 1. The monoisotopic (exact) mass is 338 g/mol. The van der Waals surface area contributed by atoms with Gasteiger partial charge >= 0.3 is 5.97 Å². The van der Waals surface area contributed by atoms with Crippen LogP contribution in [0.1, 0.15) is 16.9 Å². The molecular formula is C11H9Cl3N2O4. The van der Waals surface area contributed by atoms with E-state index in [9.17, 15) is 14.7 Å². The molecular weight excluding hydrogens is 330 g/mol. The Balaban J connectivity index is 2.36. The fraction of sp³-hybridized carbons (Fsp3) is 0.364. The van der Waals surface area contributed by atoms with E-state index >= 15 is 0 Å². The maximum atomic E-state index is 12.3. The Kier molecular flexibility index (Phi) is 4.39. The van der Waals surface area contributed by atoms with Gasteiger partial charge in [-0.25, -0.2) is 9.78 Å². The number of likely N-dealkylation sites (tertiary alicyclic amines) is 1. The van der Waals surface area contributed by atoms with Crippen molar-refractivity contribution < 1.29 is 19.8 Å². The molecule has 0 aromatic carbocycles. The second kappa shape index (κ2) is 5.73. The fourth-order valence-electron chi connectivity index (χ4n) is 2.00. The molecule has 1 aromatic heterocycles. The van der Waals surface area contributed by atoms with E-state index < -0.39 is 24.0 Å². The number of nitrogens with zero attached hydrogens (tertiary/aromatic N) is 2. The van der Waals surface area contributed by atoms with Crippen molar-refractivity contribution in [3.05, 3.63) is 27.0 Å². The van der Waals surface area contributed by atoms with E-state index in [1.807, 2.05) is 0 Å². The zero-order valence-corrected chi connectivity index (χ0v) is 12.2. The Hall–Kier alpha value is -1.08. The summed E-state index contributed by atoms with van der Waals surface area (Å²) in [7, 11) is 0. The molecule has 0 bridgehead atoms. The van der Waals surface area contributed by atoms with Crippen molar-refractivity contribution >= 4 is 46.7 Å². The van der Waals surface area contributed by atoms with Gasteiger partial charge in [-0.3, -0.25) is 4.79 Å². The number of aliphatic hydroxyl groups is 1. The number of aliphatic carboxylic acids is 1. The van der Waals surface area contributed by atoms with Crippen LogP contribution >= 0.6 is 34.8 Å². The number of rotatable bonds is 2. The minimum absolute atomic E-state index is 0.0293. The number of hydrogen-bond acceptors (Lipinski definition) is 4. The first-order valence-corrected chi connectivity index (χ1v) is 6.67. The second-order valence-electron chi connectivity index (χ2n) is 4.28. The molecule has 0 unspecified atom stereocenters. The van der Waals surface area contributed by atoms with Crippen molar-refractivity contribution in [3.8, 4) is 0 Å². The zero-order valence-electron chi connectivity index (χ0n) is 9.89. The molecule has 1 saturated heterocycles. The number of carbonyl (C=O) groups is 2. The highest BCUT2D eigenvalue weighted by molar-refractivity contribution is 6.48. The van der Waals surface area contributed by atoms with E-state index in [-0.39, 0.29) is 33.7 Å². The molecule has 2 rings (SSSR count). The molecule has 1 aromatic rings. The minimum atomic E-state index is -1.20. The van der Waals surface area contributed by atoms with Gasteiger partial charge in [-0.1, -0.05) is 34.8 Å². The van der Waals surface area contributed by atoms with Gasteiger partial charge in [0, 0.05) is 19.2 Å². The number of halogens is 3. The summed E-state index contributed by atoms with van der Waals surface area (Å²) in [6.07, 6.45) is 0.215. The summed E-state index contributed by atoms with van der Waals surface area (Å²) >= 11 is 17.4. The first-order chi connectivity index (χ1) is 9.32. The second-order valence-corrected chi connectivity index (χ2v) is 5.45. The molecule has 1 fully saturated rings. The molecule has 0 aliphatic carbocycles. The largest absolute Gasteiger partial charge is 0.480 e.